The molecule has 0 radical (unpaired) electrons. The lowest BCUT2D eigenvalue weighted by atomic mass is 10.0. The highest BCUT2D eigenvalue weighted by molar-refractivity contribution is 5.76. The first-order chi connectivity index (χ1) is 10.7. The van der Waals surface area contributed by atoms with Gasteiger partial charge in [0.15, 0.2) is 0 Å². The third-order valence-corrected chi connectivity index (χ3v) is 4.68. The number of amides is 1. The van der Waals surface area contributed by atoms with E-state index in [9.17, 15) is 4.79 Å². The minimum Gasteiger partial charge on any atom is -0.381 e. The predicted molar refractivity (Wildman–Crippen MR) is 84.8 cm³/mol. The summed E-state index contributed by atoms with van der Waals surface area (Å²) >= 11 is 0. The van der Waals surface area contributed by atoms with Crippen molar-refractivity contribution in [2.75, 3.05) is 19.8 Å². The quantitative estimate of drug-likeness (QED) is 0.910. The molecule has 1 aromatic carbocycles. The van der Waals surface area contributed by atoms with E-state index >= 15 is 0 Å². The van der Waals surface area contributed by atoms with Gasteiger partial charge in [-0.2, -0.15) is 0 Å². The summed E-state index contributed by atoms with van der Waals surface area (Å²) in [5.74, 6) is 0.598. The van der Waals surface area contributed by atoms with Crippen molar-refractivity contribution in [2.24, 2.45) is 0 Å². The summed E-state index contributed by atoms with van der Waals surface area (Å²) in [6.45, 7) is 4.26. The topological polar surface area (TPSA) is 47.6 Å². The summed E-state index contributed by atoms with van der Waals surface area (Å²) in [6.07, 6.45) is 3.56. The van der Waals surface area contributed by atoms with E-state index in [0.29, 0.717) is 18.9 Å². The highest BCUT2D eigenvalue weighted by atomic mass is 16.5. The zero-order chi connectivity index (χ0) is 15.4. The first kappa shape index (κ1) is 15.5. The van der Waals surface area contributed by atoms with Crippen LogP contribution >= 0.6 is 0 Å². The Hall–Kier alpha value is -1.39. The Kier molecular flexibility index (Phi) is 5.11. The van der Waals surface area contributed by atoms with Crippen molar-refractivity contribution < 1.29 is 14.3 Å². The minimum atomic E-state index is 0.0842. The van der Waals surface area contributed by atoms with Crippen LogP contribution in [-0.2, 0) is 14.3 Å². The maximum Gasteiger partial charge on any atom is 0.222 e. The van der Waals surface area contributed by atoms with Crippen molar-refractivity contribution in [3.05, 3.63) is 35.4 Å². The van der Waals surface area contributed by atoms with Crippen molar-refractivity contribution in [3.8, 4) is 0 Å². The highest BCUT2D eigenvalue weighted by Gasteiger charge is 2.28. The van der Waals surface area contributed by atoms with E-state index in [1.54, 1.807) is 0 Å². The second-order valence-corrected chi connectivity index (χ2v) is 6.32. The molecule has 1 amide bonds. The van der Waals surface area contributed by atoms with Gasteiger partial charge in [0, 0.05) is 19.6 Å². The Morgan fingerprint density at radius 3 is 2.77 bits per heavy atom. The van der Waals surface area contributed by atoms with Crippen LogP contribution in [0.5, 0.6) is 0 Å². The van der Waals surface area contributed by atoms with E-state index in [0.717, 1.165) is 32.5 Å². The van der Waals surface area contributed by atoms with Crippen molar-refractivity contribution in [2.45, 2.75) is 50.7 Å². The zero-order valence-corrected chi connectivity index (χ0v) is 13.2. The fourth-order valence-corrected chi connectivity index (χ4v) is 3.45. The lowest BCUT2D eigenvalue weighted by Crippen LogP contribution is -2.29. The first-order valence-electron chi connectivity index (χ1n) is 8.31. The Bertz CT molecular complexity index is 511. The second-order valence-electron chi connectivity index (χ2n) is 6.32. The number of carbonyl (C=O) groups excluding carboxylic acids is 1. The molecule has 0 bridgehead atoms. The monoisotopic (exact) mass is 303 g/mol. The lowest BCUT2D eigenvalue weighted by Gasteiger charge is -2.22. The Labute approximate surface area is 132 Å². The molecule has 4 nitrogen and oxygen atoms in total. The van der Waals surface area contributed by atoms with Gasteiger partial charge < -0.3 is 14.8 Å². The number of hydrogen-bond donors (Lipinski definition) is 1. The van der Waals surface area contributed by atoms with Crippen LogP contribution in [-0.4, -0.2) is 31.8 Å². The minimum absolute atomic E-state index is 0.0842. The van der Waals surface area contributed by atoms with Gasteiger partial charge in [-0.1, -0.05) is 31.2 Å². The van der Waals surface area contributed by atoms with E-state index < -0.39 is 0 Å². The molecule has 1 aliphatic carbocycles. The Morgan fingerprint density at radius 1 is 1.27 bits per heavy atom. The van der Waals surface area contributed by atoms with Gasteiger partial charge >= 0.3 is 0 Å². The smallest absolute Gasteiger partial charge is 0.222 e. The van der Waals surface area contributed by atoms with Gasteiger partial charge in [-0.05, 0) is 36.3 Å². The predicted octanol–water partition coefficient (Wildman–Crippen LogP) is 2.94. The number of hydrogen-bond acceptors (Lipinski definition) is 3. The number of fused-ring (bicyclic) bond motifs is 1. The van der Waals surface area contributed by atoms with Gasteiger partial charge in [0.1, 0.15) is 0 Å². The molecule has 1 heterocycles. The SMILES string of the molecule is C[C@@H]1C[C@H](NC(=O)CCOC2CCOCC2)c2ccccc21. The second kappa shape index (κ2) is 7.25. The third kappa shape index (κ3) is 3.68. The number of rotatable bonds is 5. The van der Waals surface area contributed by atoms with Crippen LogP contribution in [0, 0.1) is 0 Å². The van der Waals surface area contributed by atoms with E-state index in [1.807, 2.05) is 6.07 Å². The van der Waals surface area contributed by atoms with Crippen LogP contribution in [0.4, 0.5) is 0 Å². The molecule has 120 valence electrons. The molecule has 0 unspecified atom stereocenters. The summed E-state index contributed by atoms with van der Waals surface area (Å²) in [7, 11) is 0. The van der Waals surface area contributed by atoms with Gasteiger partial charge in [0.05, 0.1) is 18.8 Å². The Balaban J connectivity index is 1.44. The number of ether oxygens (including phenoxy) is 2. The fourth-order valence-electron chi connectivity index (χ4n) is 3.45. The van der Waals surface area contributed by atoms with Gasteiger partial charge in [-0.3, -0.25) is 4.79 Å². The summed E-state index contributed by atoms with van der Waals surface area (Å²) in [4.78, 5) is 12.1. The van der Waals surface area contributed by atoms with Crippen LogP contribution < -0.4 is 5.32 Å². The molecular weight excluding hydrogens is 278 g/mol. The average Bonchev–Trinajstić information content (AvgIpc) is 2.85. The molecular formula is C18H25NO3. The van der Waals surface area contributed by atoms with E-state index in [4.69, 9.17) is 9.47 Å². The molecule has 2 atom stereocenters. The van der Waals surface area contributed by atoms with Crippen LogP contribution in [0.3, 0.4) is 0 Å². The summed E-state index contributed by atoms with van der Waals surface area (Å²) in [5.41, 5.74) is 2.64. The van der Waals surface area contributed by atoms with Crippen molar-refractivity contribution in [1.29, 1.82) is 0 Å². The van der Waals surface area contributed by atoms with E-state index in [-0.39, 0.29) is 18.1 Å². The normalized spacial score (nSPS) is 25.0. The molecule has 0 saturated carbocycles. The molecule has 1 aromatic rings. The van der Waals surface area contributed by atoms with Crippen molar-refractivity contribution in [3.63, 3.8) is 0 Å². The number of nitrogens with one attached hydrogen (secondary N) is 1. The molecule has 1 fully saturated rings. The van der Waals surface area contributed by atoms with Gasteiger partial charge in [-0.25, -0.2) is 0 Å². The average molecular weight is 303 g/mol. The maximum atomic E-state index is 12.1. The largest absolute Gasteiger partial charge is 0.381 e. The van der Waals surface area contributed by atoms with Gasteiger partial charge in [0.25, 0.3) is 0 Å². The van der Waals surface area contributed by atoms with E-state index in [1.165, 1.54) is 11.1 Å². The van der Waals surface area contributed by atoms with Crippen LogP contribution in [0.25, 0.3) is 0 Å². The third-order valence-electron chi connectivity index (χ3n) is 4.68. The fraction of sp³-hybridized carbons (Fsp3) is 0.611. The summed E-state index contributed by atoms with van der Waals surface area (Å²) < 4.78 is 11.1. The molecule has 22 heavy (non-hydrogen) atoms. The maximum absolute atomic E-state index is 12.1. The van der Waals surface area contributed by atoms with Crippen LogP contribution in [0.2, 0.25) is 0 Å². The van der Waals surface area contributed by atoms with Crippen molar-refractivity contribution >= 4 is 5.91 Å². The highest BCUT2D eigenvalue weighted by Crippen LogP contribution is 2.39. The standard InChI is InChI=1S/C18H25NO3/c1-13-12-17(16-5-3-2-4-15(13)16)19-18(20)8-11-22-14-6-9-21-10-7-14/h2-5,13-14,17H,6-12H2,1H3,(H,19,20)/t13-,17+/m1/s1. The Morgan fingerprint density at radius 2 is 2.00 bits per heavy atom. The first-order valence-corrected chi connectivity index (χ1v) is 8.31. The molecule has 1 N–H and O–H groups in total. The molecule has 0 spiro atoms. The lowest BCUT2D eigenvalue weighted by molar-refractivity contribution is -0.124. The molecule has 3 rings (SSSR count). The number of carbonyl (C=O) groups is 1. The van der Waals surface area contributed by atoms with Gasteiger partial charge in [-0.15, -0.1) is 0 Å². The zero-order valence-electron chi connectivity index (χ0n) is 13.2. The van der Waals surface area contributed by atoms with Crippen molar-refractivity contribution in [1.82, 2.24) is 5.32 Å². The van der Waals surface area contributed by atoms with Crippen LogP contribution in [0.15, 0.2) is 24.3 Å². The number of benzene rings is 1. The molecule has 2 aliphatic rings. The molecule has 1 saturated heterocycles. The molecule has 4 heteroatoms. The summed E-state index contributed by atoms with van der Waals surface area (Å²) in [6, 6.07) is 8.57. The molecule has 1 aliphatic heterocycles. The summed E-state index contributed by atoms with van der Waals surface area (Å²) in [5, 5.41) is 3.16. The molecule has 0 aromatic heterocycles. The van der Waals surface area contributed by atoms with Gasteiger partial charge in [0.2, 0.25) is 5.91 Å². The van der Waals surface area contributed by atoms with Crippen LogP contribution in [0.1, 0.15) is 55.7 Å². The van der Waals surface area contributed by atoms with E-state index in [2.05, 4.69) is 30.4 Å².